The summed E-state index contributed by atoms with van der Waals surface area (Å²) in [6.45, 7) is 0. The monoisotopic (exact) mass is 433 g/mol. The Labute approximate surface area is 169 Å². The molecule has 0 radical (unpaired) electrons. The molecule has 0 atom stereocenters. The van der Waals surface area contributed by atoms with Gasteiger partial charge in [0.2, 0.25) is 0 Å². The topological polar surface area (TPSA) is 66.9 Å². The van der Waals surface area contributed by atoms with Gasteiger partial charge in [-0.2, -0.15) is 0 Å². The third-order valence-electron chi connectivity index (χ3n) is 4.31. The molecule has 1 heterocycles. The van der Waals surface area contributed by atoms with Crippen LogP contribution in [0, 0.1) is 0 Å². The van der Waals surface area contributed by atoms with Crippen molar-refractivity contribution in [2.24, 2.45) is 0 Å². The highest BCUT2D eigenvalue weighted by Crippen LogP contribution is 2.29. The number of H-pyrrole nitrogens is 1. The Hall–Kier alpha value is -3.38. The number of hydrogen-bond donors (Lipinski definition) is 2. The molecular weight excluding hydrogens is 418 g/mol. The van der Waals surface area contributed by atoms with E-state index >= 15 is 0 Å². The van der Waals surface area contributed by atoms with Crippen molar-refractivity contribution in [2.75, 3.05) is 5.32 Å². The second-order valence-electron chi connectivity index (χ2n) is 6.16. The Morgan fingerprint density at radius 3 is 2.11 bits per heavy atom. The zero-order valence-electron chi connectivity index (χ0n) is 14.7. The molecule has 4 aromatic rings. The molecule has 0 aliphatic carbocycles. The van der Waals surface area contributed by atoms with Crippen LogP contribution in [0.5, 0.6) is 0 Å². The minimum atomic E-state index is -0.369. The first-order chi connectivity index (χ1) is 13.6. The van der Waals surface area contributed by atoms with Crippen LogP contribution in [0.2, 0.25) is 0 Å². The van der Waals surface area contributed by atoms with Gasteiger partial charge in [0.15, 0.2) is 0 Å². The van der Waals surface area contributed by atoms with Gasteiger partial charge in [0.25, 0.3) is 11.5 Å². The molecule has 5 nitrogen and oxygen atoms in total. The van der Waals surface area contributed by atoms with E-state index in [0.717, 1.165) is 15.7 Å². The van der Waals surface area contributed by atoms with E-state index in [1.54, 1.807) is 28.9 Å². The summed E-state index contributed by atoms with van der Waals surface area (Å²) in [6, 6.07) is 25.8. The van der Waals surface area contributed by atoms with Crippen LogP contribution in [0.1, 0.15) is 10.4 Å². The maximum Gasteiger partial charge on any atom is 0.288 e. The van der Waals surface area contributed by atoms with Crippen LogP contribution < -0.4 is 10.9 Å². The number of aromatic nitrogens is 2. The molecule has 2 N–H and O–H groups in total. The Bertz CT molecular complexity index is 1160. The molecule has 0 saturated heterocycles. The molecule has 0 saturated carbocycles. The summed E-state index contributed by atoms with van der Waals surface area (Å²) in [4.78, 5) is 25.4. The fraction of sp³-hybridized carbons (Fsp3) is 0. The lowest BCUT2D eigenvalue weighted by Crippen LogP contribution is -2.17. The Balaban J connectivity index is 1.86. The molecule has 0 aliphatic rings. The molecular formula is C22H16BrN3O2. The van der Waals surface area contributed by atoms with Crippen molar-refractivity contribution in [1.82, 2.24) is 9.78 Å². The lowest BCUT2D eigenvalue weighted by Gasteiger charge is -2.11. The maximum absolute atomic E-state index is 12.7. The molecule has 3 aromatic carbocycles. The fourth-order valence-electron chi connectivity index (χ4n) is 2.98. The minimum absolute atomic E-state index is 0.208. The second kappa shape index (κ2) is 7.70. The molecule has 1 amide bonds. The summed E-state index contributed by atoms with van der Waals surface area (Å²) < 4.78 is 2.61. The number of benzene rings is 3. The van der Waals surface area contributed by atoms with Crippen LogP contribution >= 0.6 is 15.9 Å². The number of amides is 1. The van der Waals surface area contributed by atoms with Crippen molar-refractivity contribution >= 4 is 27.5 Å². The van der Waals surface area contributed by atoms with Crippen molar-refractivity contribution < 1.29 is 4.79 Å². The van der Waals surface area contributed by atoms with Crippen molar-refractivity contribution in [1.29, 1.82) is 0 Å². The molecule has 0 fully saturated rings. The number of para-hydroxylation sites is 1. The first-order valence-electron chi connectivity index (χ1n) is 8.66. The maximum atomic E-state index is 12.7. The molecule has 4 rings (SSSR count). The van der Waals surface area contributed by atoms with Gasteiger partial charge in [0, 0.05) is 15.6 Å². The summed E-state index contributed by atoms with van der Waals surface area (Å²) in [5.41, 5.74) is 2.50. The molecule has 0 unspecified atom stereocenters. The van der Waals surface area contributed by atoms with Gasteiger partial charge in [-0.05, 0) is 36.4 Å². The highest BCUT2D eigenvalue weighted by molar-refractivity contribution is 9.10. The number of rotatable bonds is 4. The lowest BCUT2D eigenvalue weighted by molar-refractivity contribution is 0.102. The fourth-order valence-corrected chi connectivity index (χ4v) is 3.24. The summed E-state index contributed by atoms with van der Waals surface area (Å²) in [5.74, 6) is -0.338. The van der Waals surface area contributed by atoms with Gasteiger partial charge >= 0.3 is 0 Å². The van der Waals surface area contributed by atoms with E-state index in [1.165, 1.54) is 0 Å². The number of halogens is 1. The average molecular weight is 434 g/mol. The SMILES string of the molecule is O=C(Nc1c(-c2ccc(Br)cc2)n(-c2ccccc2)[nH]c1=O)c1ccccc1. The molecule has 28 heavy (non-hydrogen) atoms. The van der Waals surface area contributed by atoms with Gasteiger partial charge in [-0.15, -0.1) is 0 Å². The first kappa shape index (κ1) is 18.0. The molecule has 138 valence electrons. The molecule has 1 aromatic heterocycles. The summed E-state index contributed by atoms with van der Waals surface area (Å²) >= 11 is 3.43. The Morgan fingerprint density at radius 2 is 1.46 bits per heavy atom. The van der Waals surface area contributed by atoms with Crippen molar-refractivity contribution in [3.8, 4) is 16.9 Å². The largest absolute Gasteiger partial charge is 0.315 e. The second-order valence-corrected chi connectivity index (χ2v) is 7.08. The van der Waals surface area contributed by atoms with Crippen LogP contribution in [0.3, 0.4) is 0 Å². The Kier molecular flexibility index (Phi) is 4.95. The zero-order chi connectivity index (χ0) is 19.5. The number of carbonyl (C=O) groups excluding carboxylic acids is 1. The van der Waals surface area contributed by atoms with Gasteiger partial charge in [-0.25, -0.2) is 0 Å². The first-order valence-corrected chi connectivity index (χ1v) is 9.45. The highest BCUT2D eigenvalue weighted by Gasteiger charge is 2.20. The predicted octanol–water partition coefficient (Wildman–Crippen LogP) is 4.85. The van der Waals surface area contributed by atoms with Crippen LogP contribution in [-0.4, -0.2) is 15.7 Å². The summed E-state index contributed by atoms with van der Waals surface area (Å²) in [5, 5.41) is 5.62. The van der Waals surface area contributed by atoms with Crippen molar-refractivity contribution in [2.45, 2.75) is 0 Å². The van der Waals surface area contributed by atoms with Crippen LogP contribution in [-0.2, 0) is 0 Å². The van der Waals surface area contributed by atoms with E-state index in [9.17, 15) is 9.59 Å². The standard InChI is InChI=1S/C22H16BrN3O2/c23-17-13-11-15(12-14-17)20-19(24-21(27)16-7-3-1-4-8-16)22(28)25-26(20)18-9-5-2-6-10-18/h1-14H,(H,24,27)(H,25,28). The molecule has 0 bridgehead atoms. The van der Waals surface area contributed by atoms with Gasteiger partial charge in [-0.3, -0.25) is 19.4 Å². The smallest absolute Gasteiger partial charge is 0.288 e. The van der Waals surface area contributed by atoms with Crippen molar-refractivity contribution in [3.63, 3.8) is 0 Å². The van der Waals surface area contributed by atoms with Crippen LogP contribution in [0.15, 0.2) is 94.2 Å². The summed E-state index contributed by atoms with van der Waals surface area (Å²) in [7, 11) is 0. The van der Waals surface area contributed by atoms with Crippen LogP contribution in [0.25, 0.3) is 16.9 Å². The zero-order valence-corrected chi connectivity index (χ0v) is 16.3. The van der Waals surface area contributed by atoms with E-state index < -0.39 is 0 Å². The lowest BCUT2D eigenvalue weighted by atomic mass is 10.1. The molecule has 0 spiro atoms. The normalized spacial score (nSPS) is 10.6. The number of hydrogen-bond acceptors (Lipinski definition) is 2. The number of carbonyl (C=O) groups is 1. The van der Waals surface area contributed by atoms with Gasteiger partial charge < -0.3 is 5.32 Å². The number of aromatic amines is 1. The third-order valence-corrected chi connectivity index (χ3v) is 4.84. The number of nitrogens with one attached hydrogen (secondary N) is 2. The van der Waals surface area contributed by atoms with Crippen LogP contribution in [0.4, 0.5) is 5.69 Å². The van der Waals surface area contributed by atoms with Gasteiger partial charge in [0.1, 0.15) is 5.69 Å². The number of anilines is 1. The van der Waals surface area contributed by atoms with Gasteiger partial charge in [-0.1, -0.05) is 64.5 Å². The Morgan fingerprint density at radius 1 is 0.857 bits per heavy atom. The minimum Gasteiger partial charge on any atom is -0.315 e. The van der Waals surface area contributed by atoms with E-state index in [2.05, 4.69) is 26.3 Å². The molecule has 0 aliphatic heterocycles. The average Bonchev–Trinajstić information content (AvgIpc) is 3.06. The molecule has 6 heteroatoms. The van der Waals surface area contributed by atoms with Crippen molar-refractivity contribution in [3.05, 3.63) is 105 Å². The van der Waals surface area contributed by atoms with E-state index in [4.69, 9.17) is 0 Å². The quantitative estimate of drug-likeness (QED) is 0.483. The number of nitrogens with zero attached hydrogens (tertiary/aromatic N) is 1. The predicted molar refractivity (Wildman–Crippen MR) is 114 cm³/mol. The highest BCUT2D eigenvalue weighted by atomic mass is 79.9. The third kappa shape index (κ3) is 3.54. The van der Waals surface area contributed by atoms with E-state index in [0.29, 0.717) is 11.3 Å². The summed E-state index contributed by atoms with van der Waals surface area (Å²) in [6.07, 6.45) is 0. The van der Waals surface area contributed by atoms with E-state index in [-0.39, 0.29) is 17.2 Å². The van der Waals surface area contributed by atoms with Gasteiger partial charge in [0.05, 0.1) is 11.4 Å². The van der Waals surface area contributed by atoms with E-state index in [1.807, 2.05) is 60.7 Å².